The van der Waals surface area contributed by atoms with E-state index in [2.05, 4.69) is 9.97 Å². The third-order valence-electron chi connectivity index (χ3n) is 4.68. The SMILES string of the molecule is CCCOc1c[nH]c(CN2C(=O)C(c3ccccc3)Oc3ccc(N)nc32)cc1=O. The van der Waals surface area contributed by atoms with Gasteiger partial charge in [0, 0.05) is 23.5 Å². The molecule has 1 amide bonds. The van der Waals surface area contributed by atoms with E-state index < -0.39 is 6.10 Å². The lowest BCUT2D eigenvalue weighted by Crippen LogP contribution is -2.41. The number of aromatic nitrogens is 2. The summed E-state index contributed by atoms with van der Waals surface area (Å²) in [5, 5.41) is 0. The maximum absolute atomic E-state index is 13.3. The van der Waals surface area contributed by atoms with Gasteiger partial charge in [-0.3, -0.25) is 14.5 Å². The predicted octanol–water partition coefficient (Wildman–Crippen LogP) is 2.81. The molecule has 1 aromatic carbocycles. The van der Waals surface area contributed by atoms with Crippen LogP contribution >= 0.6 is 0 Å². The molecule has 1 atom stereocenters. The van der Waals surface area contributed by atoms with Gasteiger partial charge in [0.15, 0.2) is 17.3 Å². The minimum atomic E-state index is -0.817. The molecule has 0 radical (unpaired) electrons. The molecule has 1 unspecified atom stereocenters. The molecule has 3 aromatic rings. The van der Waals surface area contributed by atoms with E-state index in [1.54, 1.807) is 12.1 Å². The lowest BCUT2D eigenvalue weighted by Gasteiger charge is -2.33. The summed E-state index contributed by atoms with van der Waals surface area (Å²) >= 11 is 0. The van der Waals surface area contributed by atoms with Crippen molar-refractivity contribution in [3.05, 3.63) is 76.2 Å². The van der Waals surface area contributed by atoms with E-state index >= 15 is 0 Å². The molecule has 0 spiro atoms. The Morgan fingerprint density at radius 3 is 2.73 bits per heavy atom. The van der Waals surface area contributed by atoms with Crippen LogP contribution in [-0.4, -0.2) is 22.5 Å². The molecule has 0 aliphatic carbocycles. The van der Waals surface area contributed by atoms with Gasteiger partial charge in [0.05, 0.1) is 13.2 Å². The number of benzene rings is 1. The Bertz CT molecular complexity index is 1110. The number of nitrogens with zero attached hydrogens (tertiary/aromatic N) is 2. The van der Waals surface area contributed by atoms with Crippen LogP contribution in [0.1, 0.15) is 30.7 Å². The van der Waals surface area contributed by atoms with E-state index in [1.165, 1.54) is 17.2 Å². The molecule has 3 N–H and O–H groups in total. The van der Waals surface area contributed by atoms with Crippen LogP contribution < -0.4 is 25.5 Å². The highest BCUT2D eigenvalue weighted by molar-refractivity contribution is 5.99. The molecule has 154 valence electrons. The Morgan fingerprint density at radius 1 is 1.20 bits per heavy atom. The molecule has 1 aliphatic rings. The van der Waals surface area contributed by atoms with Crippen molar-refractivity contribution in [3.8, 4) is 11.5 Å². The van der Waals surface area contributed by atoms with Gasteiger partial charge in [0.2, 0.25) is 11.5 Å². The first-order chi connectivity index (χ1) is 14.6. The number of nitrogen functional groups attached to an aromatic ring is 1. The van der Waals surface area contributed by atoms with Crippen molar-refractivity contribution in [1.82, 2.24) is 9.97 Å². The number of ether oxygens (including phenoxy) is 2. The normalized spacial score (nSPS) is 15.4. The minimum absolute atomic E-state index is 0.109. The number of fused-ring (bicyclic) bond motifs is 1. The number of aromatic amines is 1. The molecule has 3 heterocycles. The molecule has 8 nitrogen and oxygen atoms in total. The van der Waals surface area contributed by atoms with Crippen LogP contribution in [0.3, 0.4) is 0 Å². The number of amides is 1. The number of carbonyl (C=O) groups excluding carboxylic acids is 1. The van der Waals surface area contributed by atoms with Crippen molar-refractivity contribution in [2.24, 2.45) is 0 Å². The topological polar surface area (TPSA) is 111 Å². The first kappa shape index (κ1) is 19.5. The predicted molar refractivity (Wildman–Crippen MR) is 112 cm³/mol. The van der Waals surface area contributed by atoms with Crippen LogP contribution in [0.5, 0.6) is 11.5 Å². The molecule has 8 heteroatoms. The first-order valence-electron chi connectivity index (χ1n) is 9.70. The third kappa shape index (κ3) is 3.84. The van der Waals surface area contributed by atoms with E-state index in [1.807, 2.05) is 37.3 Å². The van der Waals surface area contributed by atoms with E-state index in [4.69, 9.17) is 15.2 Å². The largest absolute Gasteiger partial charge is 0.488 e. The number of nitrogens with one attached hydrogen (secondary N) is 1. The van der Waals surface area contributed by atoms with Gasteiger partial charge in [-0.15, -0.1) is 0 Å². The fraction of sp³-hybridized carbons (Fsp3) is 0.227. The zero-order valence-corrected chi connectivity index (χ0v) is 16.5. The molecule has 2 aromatic heterocycles. The number of carbonyl (C=O) groups is 1. The van der Waals surface area contributed by atoms with Crippen molar-refractivity contribution in [2.75, 3.05) is 17.2 Å². The average Bonchev–Trinajstić information content (AvgIpc) is 2.76. The fourth-order valence-electron chi connectivity index (χ4n) is 3.24. The molecule has 0 saturated heterocycles. The van der Waals surface area contributed by atoms with Crippen LogP contribution in [0.25, 0.3) is 0 Å². The highest BCUT2D eigenvalue weighted by atomic mass is 16.5. The van der Waals surface area contributed by atoms with Gasteiger partial charge >= 0.3 is 0 Å². The summed E-state index contributed by atoms with van der Waals surface area (Å²) in [6, 6.07) is 14.0. The van der Waals surface area contributed by atoms with Gasteiger partial charge in [-0.05, 0) is 18.6 Å². The monoisotopic (exact) mass is 406 g/mol. The zero-order valence-electron chi connectivity index (χ0n) is 16.5. The third-order valence-corrected chi connectivity index (χ3v) is 4.68. The second-order valence-corrected chi connectivity index (χ2v) is 6.93. The Hall–Kier alpha value is -3.81. The van der Waals surface area contributed by atoms with Crippen LogP contribution in [0.15, 0.2) is 59.5 Å². The summed E-state index contributed by atoms with van der Waals surface area (Å²) in [5.74, 6) is 0.991. The maximum atomic E-state index is 13.3. The van der Waals surface area contributed by atoms with Gasteiger partial charge in [0.1, 0.15) is 5.82 Å². The molecule has 1 aliphatic heterocycles. The van der Waals surface area contributed by atoms with Crippen LogP contribution in [-0.2, 0) is 11.3 Å². The molecule has 0 saturated carbocycles. The quantitative estimate of drug-likeness (QED) is 0.651. The lowest BCUT2D eigenvalue weighted by molar-refractivity contribution is -0.126. The van der Waals surface area contributed by atoms with Crippen molar-refractivity contribution in [2.45, 2.75) is 26.0 Å². The van der Waals surface area contributed by atoms with Crippen molar-refractivity contribution < 1.29 is 14.3 Å². The van der Waals surface area contributed by atoms with Gasteiger partial charge < -0.3 is 20.2 Å². The first-order valence-corrected chi connectivity index (χ1v) is 9.70. The molecular weight excluding hydrogens is 384 g/mol. The smallest absolute Gasteiger partial charge is 0.274 e. The second kappa shape index (κ2) is 8.28. The minimum Gasteiger partial charge on any atom is -0.488 e. The van der Waals surface area contributed by atoms with E-state index in [0.717, 1.165) is 12.0 Å². The van der Waals surface area contributed by atoms with E-state index in [0.29, 0.717) is 23.9 Å². The molecular formula is C22H22N4O4. The molecule has 30 heavy (non-hydrogen) atoms. The van der Waals surface area contributed by atoms with Gasteiger partial charge in [-0.2, -0.15) is 0 Å². The highest BCUT2D eigenvalue weighted by Crippen LogP contribution is 2.38. The molecule has 4 rings (SSSR count). The number of H-pyrrole nitrogens is 1. The summed E-state index contributed by atoms with van der Waals surface area (Å²) in [6.45, 7) is 2.53. The number of pyridine rings is 2. The average molecular weight is 406 g/mol. The number of hydrogen-bond donors (Lipinski definition) is 2. The standard InChI is InChI=1S/C22H22N4O4/c1-2-10-29-18-12-24-15(11-16(18)27)13-26-21-17(8-9-19(23)25-21)30-20(22(26)28)14-6-4-3-5-7-14/h3-9,11-12,20H,2,10,13H2,1H3,(H2,23,25)(H,24,27). The number of nitrogens with two attached hydrogens (primary N) is 1. The Morgan fingerprint density at radius 2 is 2.00 bits per heavy atom. The summed E-state index contributed by atoms with van der Waals surface area (Å²) in [5.41, 5.74) is 6.86. The maximum Gasteiger partial charge on any atom is 0.274 e. The van der Waals surface area contributed by atoms with Gasteiger partial charge in [-0.1, -0.05) is 37.3 Å². The summed E-state index contributed by atoms with van der Waals surface area (Å²) in [4.78, 5) is 34.5. The summed E-state index contributed by atoms with van der Waals surface area (Å²) in [6.07, 6.45) is 1.50. The van der Waals surface area contributed by atoms with Crippen LogP contribution in [0.4, 0.5) is 11.6 Å². The highest BCUT2D eigenvalue weighted by Gasteiger charge is 2.36. The van der Waals surface area contributed by atoms with Crippen molar-refractivity contribution >= 4 is 17.5 Å². The van der Waals surface area contributed by atoms with Crippen LogP contribution in [0, 0.1) is 0 Å². The number of rotatable bonds is 6. The molecule has 0 bridgehead atoms. The van der Waals surface area contributed by atoms with Gasteiger partial charge in [0.25, 0.3) is 5.91 Å². The van der Waals surface area contributed by atoms with Gasteiger partial charge in [-0.25, -0.2) is 4.98 Å². The second-order valence-electron chi connectivity index (χ2n) is 6.93. The summed E-state index contributed by atoms with van der Waals surface area (Å²) in [7, 11) is 0. The number of hydrogen-bond acceptors (Lipinski definition) is 6. The molecule has 0 fully saturated rings. The van der Waals surface area contributed by atoms with Crippen molar-refractivity contribution in [3.63, 3.8) is 0 Å². The van der Waals surface area contributed by atoms with Crippen molar-refractivity contribution in [1.29, 1.82) is 0 Å². The fourth-order valence-corrected chi connectivity index (χ4v) is 3.24. The Kier molecular flexibility index (Phi) is 5.38. The Balaban J connectivity index is 1.68. The Labute approximate surface area is 173 Å². The number of anilines is 2. The van der Waals surface area contributed by atoms with E-state index in [-0.39, 0.29) is 29.4 Å². The zero-order chi connectivity index (χ0) is 21.1. The van der Waals surface area contributed by atoms with Crippen LogP contribution in [0.2, 0.25) is 0 Å². The summed E-state index contributed by atoms with van der Waals surface area (Å²) < 4.78 is 11.4. The van der Waals surface area contributed by atoms with E-state index in [9.17, 15) is 9.59 Å². The lowest BCUT2D eigenvalue weighted by atomic mass is 10.1.